The van der Waals surface area contributed by atoms with E-state index in [1.54, 1.807) is 0 Å². The van der Waals surface area contributed by atoms with E-state index in [0.717, 1.165) is 0 Å². The maximum Gasteiger partial charge on any atom is 0.243 e. The Morgan fingerprint density at radius 1 is 0.236 bits per heavy atom. The van der Waals surface area contributed by atoms with Crippen LogP contribution in [0.25, 0.3) is 0 Å². The maximum absolute atomic E-state index is 2.71. The molecule has 0 N–H and O–H groups in total. The van der Waals surface area contributed by atoms with E-state index in [4.69, 9.17) is 0 Å². The highest BCUT2D eigenvalue weighted by Crippen LogP contribution is 2.70. The van der Waals surface area contributed by atoms with Crippen molar-refractivity contribution in [2.75, 3.05) is 14.7 Å². The summed E-state index contributed by atoms with van der Waals surface area (Å²) in [6.07, 6.45) is 0. The number of benzene rings is 13. The molecule has 0 saturated heterocycles. The fraction of sp³-hybridized carbons (Fsp3) is 0.228. The van der Waals surface area contributed by atoms with Gasteiger partial charge in [0, 0.05) is 27.3 Å². The van der Waals surface area contributed by atoms with Crippen LogP contribution in [0.2, 0.25) is 0 Å². The molecule has 2 spiro atoms. The average Bonchev–Trinajstić information content (AvgIpc) is 0.651. The van der Waals surface area contributed by atoms with Gasteiger partial charge in [-0.3, -0.25) is 0 Å². The van der Waals surface area contributed by atoms with Gasteiger partial charge >= 0.3 is 0 Å². The molecule has 0 unspecified atom stereocenters. The standard InChI is InChI=1S/C52H52BN.C49H37BN2/c1-30(2)33-28-34(31(3)4)46(35(29-33)32(5)6)53-44-26-13-11-18-36(44)52(37-19-12-14-27-45(37)53)42-24-16-22-40-48(42)54-47-38(50(40,7)8)20-15-21-39(47)51(9,10)41-23-17-25-43(52)49(41)54;1-47(2)32-19-12-20-33-43(32)50-44-34(47)21-13-23-36(44)49(37-24-14-22-35(45(37)50)48(33,3)4)31-18-8-9-26-39(31)52-41-28-11-10-27-40(41)51(30-16-6-5-7-17-30)42-29-15-25-38(49)46(42)52/h11-32H,1-10H3;5-29H,1-4H3. The largest absolute Gasteiger partial charge is 0.309 e. The van der Waals surface area contributed by atoms with E-state index >= 15 is 0 Å². The Morgan fingerprint density at radius 2 is 0.557 bits per heavy atom. The zero-order valence-electron chi connectivity index (χ0n) is 63.6. The molecule has 0 atom stereocenters. The third-order valence-electron chi connectivity index (χ3n) is 27.6. The van der Waals surface area contributed by atoms with Crippen molar-refractivity contribution in [1.29, 1.82) is 0 Å². The smallest absolute Gasteiger partial charge is 0.243 e. The second-order valence-electron chi connectivity index (χ2n) is 35.0. The molecule has 0 radical (unpaired) electrons. The number of rotatable bonds is 5. The summed E-state index contributed by atoms with van der Waals surface area (Å²) in [5.74, 6) is 1.27. The number of hydrogen-bond acceptors (Lipinski definition) is 3. The summed E-state index contributed by atoms with van der Waals surface area (Å²) in [5, 5.41) is 0. The number of nitrogens with zero attached hydrogens (tertiary/aromatic N) is 3. The summed E-state index contributed by atoms with van der Waals surface area (Å²) < 4.78 is 0. The van der Waals surface area contributed by atoms with Gasteiger partial charge < -0.3 is 14.7 Å². The third-order valence-corrected chi connectivity index (χ3v) is 27.6. The number of para-hydroxylation sites is 8. The first kappa shape index (κ1) is 63.8. The molecule has 106 heavy (non-hydrogen) atoms. The molecule has 0 aliphatic carbocycles. The lowest BCUT2D eigenvalue weighted by molar-refractivity contribution is 0.583. The van der Waals surface area contributed by atoms with Crippen LogP contribution in [-0.2, 0) is 32.5 Å². The summed E-state index contributed by atoms with van der Waals surface area (Å²) in [5.41, 5.74) is 45.9. The van der Waals surface area contributed by atoms with Gasteiger partial charge in [0.2, 0.25) is 13.4 Å². The summed E-state index contributed by atoms with van der Waals surface area (Å²) in [6.45, 7) is 34.2. The molecule has 0 saturated carbocycles. The molecule has 0 bridgehead atoms. The normalized spacial score (nSPS) is 17.4. The number of anilines is 9. The van der Waals surface area contributed by atoms with E-state index in [0.29, 0.717) is 17.8 Å². The molecular formula is C101H89B2N3. The summed E-state index contributed by atoms with van der Waals surface area (Å²) in [7, 11) is 0. The van der Waals surface area contributed by atoms with Crippen LogP contribution in [0.3, 0.4) is 0 Å². The highest BCUT2D eigenvalue weighted by Gasteiger charge is 2.62. The fourth-order valence-corrected chi connectivity index (χ4v) is 23.0. The highest BCUT2D eigenvalue weighted by atomic mass is 15.3. The lowest BCUT2D eigenvalue weighted by Crippen LogP contribution is -2.72. The molecular weight excluding hydrogens is 1280 g/mol. The van der Waals surface area contributed by atoms with Crippen LogP contribution in [0.1, 0.15) is 220 Å². The van der Waals surface area contributed by atoms with Gasteiger partial charge in [-0.25, -0.2) is 0 Å². The molecule has 9 aliphatic rings. The third kappa shape index (κ3) is 7.62. The molecule has 5 heteroatoms. The Hall–Kier alpha value is -10.6. The van der Waals surface area contributed by atoms with Crippen LogP contribution < -0.4 is 47.5 Å². The van der Waals surface area contributed by atoms with Crippen molar-refractivity contribution in [3.05, 3.63) is 373 Å². The van der Waals surface area contributed by atoms with Crippen LogP contribution in [0.15, 0.2) is 267 Å². The molecule has 9 heterocycles. The van der Waals surface area contributed by atoms with E-state index in [1.165, 1.54) is 190 Å². The average molecular weight is 1370 g/mol. The van der Waals surface area contributed by atoms with Gasteiger partial charge in [-0.1, -0.05) is 360 Å². The topological polar surface area (TPSA) is 9.72 Å². The predicted octanol–water partition coefficient (Wildman–Crippen LogP) is 21.1. The Balaban J connectivity index is 0.000000136. The molecule has 0 amide bonds. The van der Waals surface area contributed by atoms with Crippen molar-refractivity contribution < 1.29 is 0 Å². The Bertz CT molecular complexity index is 5770. The first-order valence-corrected chi connectivity index (χ1v) is 39.2. The summed E-state index contributed by atoms with van der Waals surface area (Å²) in [6, 6.07) is 104. The quantitative estimate of drug-likeness (QED) is 0.159. The van der Waals surface area contributed by atoms with E-state index in [9.17, 15) is 0 Å². The molecule has 22 rings (SSSR count). The van der Waals surface area contributed by atoms with Crippen LogP contribution >= 0.6 is 0 Å². The molecule has 0 aromatic heterocycles. The van der Waals surface area contributed by atoms with E-state index in [1.807, 2.05) is 0 Å². The van der Waals surface area contributed by atoms with Crippen molar-refractivity contribution in [3.63, 3.8) is 0 Å². The van der Waals surface area contributed by atoms with Crippen molar-refractivity contribution in [2.24, 2.45) is 0 Å². The summed E-state index contributed by atoms with van der Waals surface area (Å²) in [4.78, 5) is 7.75. The molecule has 514 valence electrons. The van der Waals surface area contributed by atoms with Gasteiger partial charge in [-0.2, -0.15) is 0 Å². The van der Waals surface area contributed by atoms with Crippen LogP contribution in [-0.4, -0.2) is 13.4 Å². The molecule has 9 aliphatic heterocycles. The number of hydrogen-bond donors (Lipinski definition) is 0. The molecule has 3 nitrogen and oxygen atoms in total. The monoisotopic (exact) mass is 1370 g/mol. The van der Waals surface area contributed by atoms with Gasteiger partial charge in [0.1, 0.15) is 0 Å². The van der Waals surface area contributed by atoms with Crippen LogP contribution in [0.5, 0.6) is 0 Å². The lowest BCUT2D eigenvalue weighted by Gasteiger charge is -2.57. The highest BCUT2D eigenvalue weighted by molar-refractivity contribution is 6.99. The molecule has 13 aromatic rings. The van der Waals surface area contributed by atoms with Crippen molar-refractivity contribution >= 4 is 97.4 Å². The van der Waals surface area contributed by atoms with Crippen molar-refractivity contribution in [2.45, 2.75) is 147 Å². The molecule has 13 aromatic carbocycles. The zero-order chi connectivity index (χ0) is 72.4. The fourth-order valence-electron chi connectivity index (χ4n) is 23.0. The minimum Gasteiger partial charge on any atom is -0.309 e. The second-order valence-corrected chi connectivity index (χ2v) is 35.0. The lowest BCUT2D eigenvalue weighted by atomic mass is 9.23. The van der Waals surface area contributed by atoms with Gasteiger partial charge in [0.25, 0.3) is 0 Å². The first-order valence-electron chi connectivity index (χ1n) is 39.2. The maximum atomic E-state index is 2.71. The SMILES string of the molecule is CC(C)c1cc(C(C)C)c(B2c3ccccc3C3(c4ccccc42)c2cccc4c2N2c5c(cccc5C(C)(C)c5cccc3c52)C4(C)C)c(C(C)C)c1.CC1(C)c2cccc3c2B2c4c1cccc4C1(c4ccccc4N4c5ccccc5N(c5ccccc5)c5cccc1c54)c1cccc(c12)C3(C)C. The van der Waals surface area contributed by atoms with E-state index in [-0.39, 0.29) is 35.1 Å². The summed E-state index contributed by atoms with van der Waals surface area (Å²) >= 11 is 0. The Kier molecular flexibility index (Phi) is 13.0. The van der Waals surface area contributed by atoms with Crippen LogP contribution in [0, 0.1) is 0 Å². The van der Waals surface area contributed by atoms with Crippen molar-refractivity contribution in [3.8, 4) is 0 Å². The second kappa shape index (κ2) is 21.6. The van der Waals surface area contributed by atoms with E-state index in [2.05, 4.69) is 379 Å². The minimum atomic E-state index is -0.532. The van der Waals surface area contributed by atoms with Crippen molar-refractivity contribution in [1.82, 2.24) is 0 Å². The first-order chi connectivity index (χ1) is 51.2. The molecule has 0 fully saturated rings. The van der Waals surface area contributed by atoms with Gasteiger partial charge in [-0.05, 0) is 160 Å². The van der Waals surface area contributed by atoms with Gasteiger partial charge in [0.05, 0.1) is 56.3 Å². The van der Waals surface area contributed by atoms with E-state index < -0.39 is 10.8 Å². The minimum absolute atomic E-state index is 0.122. The van der Waals surface area contributed by atoms with Crippen LogP contribution in [0.4, 0.5) is 51.2 Å². The Labute approximate surface area is 627 Å². The number of fused-ring (bicyclic) bond motifs is 14. The zero-order valence-corrected chi connectivity index (χ0v) is 63.6. The Morgan fingerprint density at radius 3 is 1.02 bits per heavy atom. The predicted molar refractivity (Wildman–Crippen MR) is 447 cm³/mol. The van der Waals surface area contributed by atoms with Gasteiger partial charge in [-0.15, -0.1) is 0 Å². The van der Waals surface area contributed by atoms with Gasteiger partial charge in [0.15, 0.2) is 0 Å².